The van der Waals surface area contributed by atoms with E-state index in [4.69, 9.17) is 11.0 Å². The van der Waals surface area contributed by atoms with Gasteiger partial charge in [0.1, 0.15) is 11.8 Å². The normalized spacial score (nSPS) is 21.4. The Morgan fingerprint density at radius 1 is 1.24 bits per heavy atom. The number of nitriles is 1. The number of carbonyl (C=O) groups excluding carboxylic acids is 1. The summed E-state index contributed by atoms with van der Waals surface area (Å²) < 4.78 is 12.9. The van der Waals surface area contributed by atoms with E-state index in [0.717, 1.165) is 18.0 Å². The number of fused-ring (bicyclic) bond motifs is 1. The van der Waals surface area contributed by atoms with Crippen LogP contribution in [-0.4, -0.2) is 45.7 Å². The second-order valence-electron chi connectivity index (χ2n) is 8.03. The smallest absolute Gasteiger partial charge is 0.274 e. The van der Waals surface area contributed by atoms with E-state index < -0.39 is 10.6 Å². The largest absolute Gasteiger partial charge is 0.379 e. The van der Waals surface area contributed by atoms with Gasteiger partial charge >= 0.3 is 0 Å². The molecule has 2 aromatic heterocycles. The molecule has 0 spiro atoms. The van der Waals surface area contributed by atoms with Crippen LogP contribution in [0.15, 0.2) is 60.0 Å². The summed E-state index contributed by atoms with van der Waals surface area (Å²) >= 11 is 1.49. The molecule has 2 atom stereocenters. The zero-order chi connectivity index (χ0) is 23.7. The number of hydrogen-bond acceptors (Lipinski definition) is 9. The van der Waals surface area contributed by atoms with E-state index in [1.54, 1.807) is 12.1 Å². The van der Waals surface area contributed by atoms with Crippen LogP contribution in [0.4, 0.5) is 16.0 Å². The lowest BCUT2D eigenvalue weighted by molar-refractivity contribution is 0.102. The van der Waals surface area contributed by atoms with Gasteiger partial charge in [0.05, 0.1) is 22.7 Å². The van der Waals surface area contributed by atoms with Gasteiger partial charge in [0.25, 0.3) is 5.91 Å². The maximum atomic E-state index is 13.3. The number of amides is 1. The lowest BCUT2D eigenvalue weighted by Crippen LogP contribution is -2.39. The molecule has 1 amide bonds. The van der Waals surface area contributed by atoms with Crippen LogP contribution in [0.25, 0.3) is 0 Å². The predicted octanol–water partition coefficient (Wildman–Crippen LogP) is 2.53. The minimum Gasteiger partial charge on any atom is -0.379 e. The number of benzene rings is 1. The fourth-order valence-electron chi connectivity index (χ4n) is 4.29. The lowest BCUT2D eigenvalue weighted by atomic mass is 9.87. The van der Waals surface area contributed by atoms with Crippen molar-refractivity contribution in [1.82, 2.24) is 15.0 Å². The molecule has 1 saturated heterocycles. The highest BCUT2D eigenvalue weighted by Gasteiger charge is 2.51. The van der Waals surface area contributed by atoms with Crippen molar-refractivity contribution in [2.45, 2.75) is 4.75 Å². The monoisotopic (exact) mass is 474 g/mol. The van der Waals surface area contributed by atoms with Crippen molar-refractivity contribution in [2.75, 3.05) is 29.9 Å². The maximum Gasteiger partial charge on any atom is 0.274 e. The molecule has 4 heterocycles. The molecule has 0 unspecified atom stereocenters. The van der Waals surface area contributed by atoms with E-state index in [1.165, 1.54) is 24.0 Å². The maximum absolute atomic E-state index is 13.3. The molecule has 2 aliphatic rings. The summed E-state index contributed by atoms with van der Waals surface area (Å²) in [7, 11) is 0. The molecule has 2 aliphatic heterocycles. The van der Waals surface area contributed by atoms with Gasteiger partial charge in [-0.1, -0.05) is 23.9 Å². The van der Waals surface area contributed by atoms with E-state index in [1.807, 2.05) is 29.2 Å². The van der Waals surface area contributed by atoms with Crippen molar-refractivity contribution in [1.29, 1.82) is 5.26 Å². The number of halogens is 1. The molecule has 0 radical (unpaired) electrons. The Kier molecular flexibility index (Phi) is 5.59. The average molecular weight is 475 g/mol. The third-order valence-electron chi connectivity index (χ3n) is 5.90. The molecule has 0 aliphatic carbocycles. The summed E-state index contributed by atoms with van der Waals surface area (Å²) in [5.41, 5.74) is 8.34. The first-order chi connectivity index (χ1) is 16.5. The average Bonchev–Trinajstić information content (AvgIpc) is 3.24. The number of anilines is 2. The summed E-state index contributed by atoms with van der Waals surface area (Å²) in [5, 5.41) is 12.3. The van der Waals surface area contributed by atoms with Crippen LogP contribution in [0.1, 0.15) is 21.6 Å². The SMILES string of the molecule is N#Cc1ccc(C(=O)Nc2cccc([C@]34CN(c5ncc(F)cn5)C[C@@H]3CN=C(N)S4)c2)nc1. The number of hydrogen-bond donors (Lipinski definition) is 2. The van der Waals surface area contributed by atoms with E-state index in [9.17, 15) is 9.18 Å². The summed E-state index contributed by atoms with van der Waals surface area (Å²) in [5.74, 6) is -0.298. The number of thioether (sulfide) groups is 1. The molecule has 3 N–H and O–H groups in total. The molecule has 3 aromatic rings. The number of aromatic nitrogens is 3. The van der Waals surface area contributed by atoms with Gasteiger partial charge in [0.15, 0.2) is 11.0 Å². The Morgan fingerprint density at radius 2 is 2.06 bits per heavy atom. The van der Waals surface area contributed by atoms with Crippen molar-refractivity contribution in [3.05, 3.63) is 77.6 Å². The lowest BCUT2D eigenvalue weighted by Gasteiger charge is -2.36. The molecule has 170 valence electrons. The number of aliphatic imine (C=N–C) groups is 1. The van der Waals surface area contributed by atoms with Crippen LogP contribution in [0.2, 0.25) is 0 Å². The molecule has 1 aromatic carbocycles. The van der Waals surface area contributed by atoms with Crippen molar-refractivity contribution >= 4 is 34.5 Å². The van der Waals surface area contributed by atoms with Crippen LogP contribution in [-0.2, 0) is 4.75 Å². The number of amidine groups is 1. The number of nitrogens with two attached hydrogens (primary N) is 1. The molecular weight excluding hydrogens is 455 g/mol. The minimum absolute atomic E-state index is 0.115. The van der Waals surface area contributed by atoms with Gasteiger partial charge in [-0.2, -0.15) is 5.26 Å². The highest BCUT2D eigenvalue weighted by molar-refractivity contribution is 8.14. The Hall–Kier alpha value is -4.04. The minimum atomic E-state index is -0.489. The molecule has 9 nitrogen and oxygen atoms in total. The number of pyridine rings is 1. The van der Waals surface area contributed by atoms with Crippen molar-refractivity contribution in [3.63, 3.8) is 0 Å². The first kappa shape index (κ1) is 21.8. The molecule has 0 bridgehead atoms. The van der Waals surface area contributed by atoms with Crippen molar-refractivity contribution in [3.8, 4) is 6.07 Å². The van der Waals surface area contributed by atoms with Crippen LogP contribution < -0.4 is 16.0 Å². The van der Waals surface area contributed by atoms with Crippen molar-refractivity contribution < 1.29 is 9.18 Å². The van der Waals surface area contributed by atoms with Gasteiger partial charge in [-0.3, -0.25) is 9.79 Å². The van der Waals surface area contributed by atoms with E-state index in [-0.39, 0.29) is 17.5 Å². The molecule has 34 heavy (non-hydrogen) atoms. The van der Waals surface area contributed by atoms with E-state index in [2.05, 4.69) is 25.3 Å². The summed E-state index contributed by atoms with van der Waals surface area (Å²) in [6.45, 7) is 1.74. The molecule has 11 heteroatoms. The van der Waals surface area contributed by atoms with Crippen molar-refractivity contribution in [2.24, 2.45) is 16.6 Å². The topological polar surface area (TPSA) is 133 Å². The van der Waals surface area contributed by atoms with Gasteiger partial charge < -0.3 is 16.0 Å². The van der Waals surface area contributed by atoms with Crippen LogP contribution in [0.3, 0.4) is 0 Å². The Morgan fingerprint density at radius 3 is 2.79 bits per heavy atom. The van der Waals surface area contributed by atoms with E-state index in [0.29, 0.717) is 42.0 Å². The zero-order valence-corrected chi connectivity index (χ0v) is 18.7. The van der Waals surface area contributed by atoms with Gasteiger partial charge in [-0.25, -0.2) is 19.3 Å². The number of rotatable bonds is 4. The Labute approximate surface area is 199 Å². The Bertz CT molecular complexity index is 1310. The highest BCUT2D eigenvalue weighted by Crippen LogP contribution is 2.51. The van der Waals surface area contributed by atoms with Gasteiger partial charge in [0, 0.05) is 37.4 Å². The zero-order valence-electron chi connectivity index (χ0n) is 17.8. The van der Waals surface area contributed by atoms with Crippen LogP contribution in [0, 0.1) is 23.1 Å². The highest BCUT2D eigenvalue weighted by atomic mass is 32.2. The molecule has 0 saturated carbocycles. The first-order valence-electron chi connectivity index (χ1n) is 10.5. The quantitative estimate of drug-likeness (QED) is 0.589. The van der Waals surface area contributed by atoms with Gasteiger partial charge in [-0.05, 0) is 29.8 Å². The first-order valence-corrected chi connectivity index (χ1v) is 11.3. The Balaban J connectivity index is 1.43. The third-order valence-corrected chi connectivity index (χ3v) is 7.30. The molecule has 5 rings (SSSR count). The summed E-state index contributed by atoms with van der Waals surface area (Å²) in [6, 6.07) is 12.7. The van der Waals surface area contributed by atoms with Crippen LogP contribution in [0.5, 0.6) is 0 Å². The number of carbonyl (C=O) groups is 1. The standard InChI is InChI=1S/C23H19FN8OS/c24-17-10-29-22(30-11-17)32-12-16-9-28-21(26)34-23(16,13-32)15-2-1-3-18(6-15)31-20(33)19-5-4-14(7-25)8-27-19/h1-6,8,10-11,16H,9,12-13H2,(H2,26,28)(H,31,33)/t16-,23+/m0/s1. The van der Waals surface area contributed by atoms with Gasteiger partial charge in [-0.15, -0.1) is 0 Å². The fraction of sp³-hybridized carbons (Fsp3) is 0.217. The predicted molar refractivity (Wildman–Crippen MR) is 127 cm³/mol. The fourth-order valence-corrected chi connectivity index (χ4v) is 5.58. The molecule has 1 fully saturated rings. The number of nitrogens with one attached hydrogen (secondary N) is 1. The summed E-state index contributed by atoms with van der Waals surface area (Å²) in [4.78, 5) is 31.5. The molecular formula is C23H19FN8OS. The van der Waals surface area contributed by atoms with E-state index >= 15 is 0 Å². The second kappa shape index (κ2) is 8.72. The van der Waals surface area contributed by atoms with Crippen LogP contribution >= 0.6 is 11.8 Å². The summed E-state index contributed by atoms with van der Waals surface area (Å²) in [6.07, 6.45) is 3.67. The number of nitrogens with zero attached hydrogens (tertiary/aromatic N) is 6. The third kappa shape index (κ3) is 4.04. The second-order valence-corrected chi connectivity index (χ2v) is 9.38. The van der Waals surface area contributed by atoms with Gasteiger partial charge in [0.2, 0.25) is 5.95 Å².